The van der Waals surface area contributed by atoms with Crippen LogP contribution in [0.25, 0.3) is 0 Å². The largest absolute Gasteiger partial charge is 0.326 e. The molecule has 1 aliphatic rings. The van der Waals surface area contributed by atoms with Gasteiger partial charge in [-0.05, 0) is 17.7 Å². The third-order valence-corrected chi connectivity index (χ3v) is 4.50. The number of nitrogens with one attached hydrogen (secondary N) is 2. The van der Waals surface area contributed by atoms with Gasteiger partial charge in [0, 0.05) is 12.7 Å². The quantitative estimate of drug-likeness (QED) is 0.902. The van der Waals surface area contributed by atoms with E-state index >= 15 is 0 Å². The van der Waals surface area contributed by atoms with E-state index in [0.29, 0.717) is 16.4 Å². The molecule has 5 nitrogen and oxygen atoms in total. The van der Waals surface area contributed by atoms with Crippen LogP contribution in [0.2, 0.25) is 0 Å². The van der Waals surface area contributed by atoms with Crippen molar-refractivity contribution in [1.29, 1.82) is 0 Å². The van der Waals surface area contributed by atoms with Crippen molar-refractivity contribution in [2.75, 3.05) is 11.1 Å². The fraction of sp³-hybridized carbons (Fsp3) is 0.167. The number of benzene rings is 2. The molecule has 0 radical (unpaired) electrons. The highest BCUT2D eigenvalue weighted by molar-refractivity contribution is 8.14. The minimum absolute atomic E-state index is 0.0529. The van der Waals surface area contributed by atoms with Gasteiger partial charge in [-0.15, -0.1) is 0 Å². The van der Waals surface area contributed by atoms with Gasteiger partial charge in [0.05, 0.1) is 17.3 Å². The standard InChI is InChI=1S/C18H17N3O2S/c1-12(22)19-15-10-6-5-9-14(15)17(23)21-18-20-16(11-24-18)13-7-3-2-4-8-13/h2-10,16H,11H2,1H3,(H,19,22)(H,20,21,23). The minimum Gasteiger partial charge on any atom is -0.326 e. The maximum absolute atomic E-state index is 12.5. The summed E-state index contributed by atoms with van der Waals surface area (Å²) in [7, 11) is 0. The zero-order chi connectivity index (χ0) is 16.9. The normalized spacial score (nSPS) is 16.4. The Labute approximate surface area is 144 Å². The van der Waals surface area contributed by atoms with Crippen LogP contribution in [0.15, 0.2) is 59.6 Å². The molecule has 122 valence electrons. The number of anilines is 1. The lowest BCUT2D eigenvalue weighted by molar-refractivity contribution is -0.114. The number of carbonyl (C=O) groups excluding carboxylic acids is 2. The fourth-order valence-corrected chi connectivity index (χ4v) is 3.38. The molecule has 3 rings (SSSR count). The predicted octanol–water partition coefficient (Wildman–Crippen LogP) is 3.22. The van der Waals surface area contributed by atoms with E-state index in [-0.39, 0.29) is 17.9 Å². The van der Waals surface area contributed by atoms with Crippen LogP contribution in [0.3, 0.4) is 0 Å². The summed E-state index contributed by atoms with van der Waals surface area (Å²) in [6.45, 7) is 1.41. The number of hydrogen-bond acceptors (Lipinski definition) is 4. The zero-order valence-corrected chi connectivity index (χ0v) is 14.0. The molecule has 2 N–H and O–H groups in total. The second kappa shape index (κ2) is 7.31. The highest BCUT2D eigenvalue weighted by Gasteiger charge is 2.22. The number of rotatable bonds is 3. The highest BCUT2D eigenvalue weighted by atomic mass is 32.2. The summed E-state index contributed by atoms with van der Waals surface area (Å²) < 4.78 is 0. The molecule has 0 aromatic heterocycles. The van der Waals surface area contributed by atoms with Crippen LogP contribution in [-0.4, -0.2) is 22.7 Å². The molecule has 2 aromatic carbocycles. The van der Waals surface area contributed by atoms with Gasteiger partial charge < -0.3 is 10.6 Å². The number of amidine groups is 1. The maximum atomic E-state index is 12.5. The van der Waals surface area contributed by atoms with E-state index in [1.54, 1.807) is 24.3 Å². The summed E-state index contributed by atoms with van der Waals surface area (Å²) in [6, 6.07) is 17.0. The summed E-state index contributed by atoms with van der Waals surface area (Å²) in [4.78, 5) is 28.3. The number of thioether (sulfide) groups is 1. The Bertz CT molecular complexity index is 790. The molecule has 6 heteroatoms. The van der Waals surface area contributed by atoms with Crippen molar-refractivity contribution < 1.29 is 9.59 Å². The number of carbonyl (C=O) groups is 2. The first-order chi connectivity index (χ1) is 11.6. The monoisotopic (exact) mass is 339 g/mol. The third-order valence-electron chi connectivity index (χ3n) is 3.54. The van der Waals surface area contributed by atoms with Crippen molar-refractivity contribution >= 4 is 34.4 Å². The Morgan fingerprint density at radius 2 is 1.75 bits per heavy atom. The maximum Gasteiger partial charge on any atom is 0.259 e. The summed E-state index contributed by atoms with van der Waals surface area (Å²) in [5.74, 6) is 0.304. The Morgan fingerprint density at radius 1 is 1.04 bits per heavy atom. The van der Waals surface area contributed by atoms with E-state index < -0.39 is 0 Å². The predicted molar refractivity (Wildman–Crippen MR) is 97.3 cm³/mol. The number of amides is 2. The lowest BCUT2D eigenvalue weighted by Gasteiger charge is -2.09. The van der Waals surface area contributed by atoms with E-state index in [9.17, 15) is 9.59 Å². The van der Waals surface area contributed by atoms with Gasteiger partial charge in [0.1, 0.15) is 0 Å². The highest BCUT2D eigenvalue weighted by Crippen LogP contribution is 2.29. The number of aliphatic imine (C=N–C) groups is 1. The van der Waals surface area contributed by atoms with Crippen LogP contribution >= 0.6 is 11.8 Å². The van der Waals surface area contributed by atoms with E-state index in [1.807, 2.05) is 30.3 Å². The van der Waals surface area contributed by atoms with Crippen molar-refractivity contribution in [3.8, 4) is 0 Å². The number of para-hydroxylation sites is 1. The minimum atomic E-state index is -0.278. The van der Waals surface area contributed by atoms with Gasteiger partial charge >= 0.3 is 0 Å². The molecule has 0 bridgehead atoms. The van der Waals surface area contributed by atoms with E-state index in [4.69, 9.17) is 0 Å². The van der Waals surface area contributed by atoms with Crippen LogP contribution in [0.1, 0.15) is 28.9 Å². The number of nitrogens with zero attached hydrogens (tertiary/aromatic N) is 1. The van der Waals surface area contributed by atoms with Gasteiger partial charge in [0.15, 0.2) is 5.17 Å². The first kappa shape index (κ1) is 16.3. The van der Waals surface area contributed by atoms with Gasteiger partial charge in [-0.3, -0.25) is 14.6 Å². The number of hydrogen-bond donors (Lipinski definition) is 2. The first-order valence-electron chi connectivity index (χ1n) is 7.57. The zero-order valence-electron chi connectivity index (χ0n) is 13.2. The van der Waals surface area contributed by atoms with Crippen molar-refractivity contribution in [2.24, 2.45) is 4.99 Å². The van der Waals surface area contributed by atoms with Crippen LogP contribution in [0, 0.1) is 0 Å². The molecule has 0 aliphatic carbocycles. The smallest absolute Gasteiger partial charge is 0.259 e. The van der Waals surface area contributed by atoms with Crippen molar-refractivity contribution in [1.82, 2.24) is 5.32 Å². The summed E-state index contributed by atoms with van der Waals surface area (Å²) >= 11 is 1.52. The Kier molecular flexibility index (Phi) is 4.96. The first-order valence-corrected chi connectivity index (χ1v) is 8.55. The average Bonchev–Trinajstić information content (AvgIpc) is 3.04. The molecule has 0 spiro atoms. The molecule has 2 amide bonds. The average molecular weight is 339 g/mol. The molecule has 0 fully saturated rings. The Hall–Kier alpha value is -2.60. The van der Waals surface area contributed by atoms with Gasteiger partial charge in [0.2, 0.25) is 5.91 Å². The van der Waals surface area contributed by atoms with Crippen LogP contribution in [-0.2, 0) is 4.79 Å². The molecule has 24 heavy (non-hydrogen) atoms. The summed E-state index contributed by atoms with van der Waals surface area (Å²) in [6.07, 6.45) is 0. The SMILES string of the molecule is CC(=O)Nc1ccccc1C(=O)NC1=NC(c2ccccc2)CS1. The Balaban J connectivity index is 1.73. The van der Waals surface area contributed by atoms with Crippen molar-refractivity contribution in [3.05, 3.63) is 65.7 Å². The van der Waals surface area contributed by atoms with E-state index in [1.165, 1.54) is 18.7 Å². The Morgan fingerprint density at radius 3 is 2.50 bits per heavy atom. The van der Waals surface area contributed by atoms with Crippen molar-refractivity contribution in [2.45, 2.75) is 13.0 Å². The lowest BCUT2D eigenvalue weighted by atomic mass is 10.1. The molecule has 1 aliphatic heterocycles. The van der Waals surface area contributed by atoms with Gasteiger partial charge in [-0.25, -0.2) is 0 Å². The molecule has 1 atom stereocenters. The van der Waals surface area contributed by atoms with Gasteiger partial charge in [-0.2, -0.15) is 0 Å². The van der Waals surface area contributed by atoms with E-state index in [2.05, 4.69) is 15.6 Å². The third kappa shape index (κ3) is 3.83. The molecular formula is C18H17N3O2S. The lowest BCUT2D eigenvalue weighted by Crippen LogP contribution is -2.28. The fourth-order valence-electron chi connectivity index (χ4n) is 2.43. The van der Waals surface area contributed by atoms with Crippen LogP contribution in [0.4, 0.5) is 5.69 Å². The van der Waals surface area contributed by atoms with Gasteiger partial charge in [0.25, 0.3) is 5.91 Å². The molecule has 2 aromatic rings. The van der Waals surface area contributed by atoms with Crippen molar-refractivity contribution in [3.63, 3.8) is 0 Å². The summed E-state index contributed by atoms with van der Waals surface area (Å²) in [5.41, 5.74) is 2.04. The molecule has 0 saturated carbocycles. The molecule has 0 saturated heterocycles. The topological polar surface area (TPSA) is 70.6 Å². The molecule has 1 unspecified atom stereocenters. The van der Waals surface area contributed by atoms with Gasteiger partial charge in [-0.1, -0.05) is 54.2 Å². The second-order valence-electron chi connectivity index (χ2n) is 5.35. The van der Waals surface area contributed by atoms with Crippen LogP contribution in [0.5, 0.6) is 0 Å². The molecule has 1 heterocycles. The van der Waals surface area contributed by atoms with E-state index in [0.717, 1.165) is 11.3 Å². The second-order valence-corrected chi connectivity index (χ2v) is 6.36. The van der Waals surface area contributed by atoms with Crippen LogP contribution < -0.4 is 10.6 Å². The summed E-state index contributed by atoms with van der Waals surface area (Å²) in [5, 5.41) is 6.10. The molecular weight excluding hydrogens is 322 g/mol.